The lowest BCUT2D eigenvalue weighted by Gasteiger charge is -2.14. The Bertz CT molecular complexity index is 1210. The van der Waals surface area contributed by atoms with Crippen LogP contribution >= 0.6 is 0 Å². The Labute approximate surface area is 184 Å². The van der Waals surface area contributed by atoms with E-state index in [0.29, 0.717) is 0 Å². The Balaban J connectivity index is 1.63. The third-order valence-electron chi connectivity index (χ3n) is 5.87. The van der Waals surface area contributed by atoms with Gasteiger partial charge in [-0.25, -0.2) is 0 Å². The third kappa shape index (κ3) is 3.87. The van der Waals surface area contributed by atoms with Gasteiger partial charge in [-0.2, -0.15) is 0 Å². The highest BCUT2D eigenvalue weighted by Crippen LogP contribution is 2.47. The molecular weight excluding hydrogens is 379 g/mol. The second kappa shape index (κ2) is 8.78. The van der Waals surface area contributed by atoms with Crippen molar-refractivity contribution in [1.29, 1.82) is 0 Å². The number of hydrogen-bond donors (Lipinski definition) is 0. The van der Waals surface area contributed by atoms with Crippen molar-refractivity contribution in [2.45, 2.75) is 39.0 Å². The summed E-state index contributed by atoms with van der Waals surface area (Å²) in [6.45, 7) is 2.22. The van der Waals surface area contributed by atoms with Crippen molar-refractivity contribution in [1.82, 2.24) is 0 Å². The molecule has 4 aromatic carbocycles. The molecule has 0 bridgehead atoms. The SMILES string of the molecule is CCCCCCC#CB1Oc2ccc3ccccc3c2-c2c(ccc3ccccc23)O1. The monoisotopic (exact) mass is 404 g/mol. The topological polar surface area (TPSA) is 18.5 Å². The first-order chi connectivity index (χ1) is 15.3. The Hall–Kier alpha value is -3.38. The standard InChI is InChI=1S/C28H25BO2/c1-2-3-4-5-6-11-20-29-30-25-18-16-21-12-7-9-14-23(21)27(25)28-24-15-10-8-13-22(24)17-19-26(28)31-29/h7-10,12-19H,2-6H2,1H3. The number of hydrogen-bond acceptors (Lipinski definition) is 2. The normalized spacial score (nSPS) is 12.2. The highest BCUT2D eigenvalue weighted by Gasteiger charge is 2.30. The minimum atomic E-state index is -0.617. The molecule has 3 heteroatoms. The maximum Gasteiger partial charge on any atom is 0.690 e. The molecule has 0 radical (unpaired) electrons. The van der Waals surface area contributed by atoms with Gasteiger partial charge in [0, 0.05) is 17.5 Å². The van der Waals surface area contributed by atoms with Crippen LogP contribution in [0.2, 0.25) is 0 Å². The van der Waals surface area contributed by atoms with Crippen LogP contribution in [0.4, 0.5) is 0 Å². The average Bonchev–Trinajstić information content (AvgIpc) is 2.98. The van der Waals surface area contributed by atoms with Gasteiger partial charge in [-0.3, -0.25) is 0 Å². The van der Waals surface area contributed by atoms with Gasteiger partial charge < -0.3 is 9.31 Å². The summed E-state index contributed by atoms with van der Waals surface area (Å²) in [6.07, 6.45) is 5.71. The molecule has 0 spiro atoms. The zero-order valence-corrected chi connectivity index (χ0v) is 17.9. The predicted octanol–water partition coefficient (Wildman–Crippen LogP) is 7.43. The highest BCUT2D eigenvalue weighted by molar-refractivity contribution is 6.56. The van der Waals surface area contributed by atoms with Gasteiger partial charge in [0.15, 0.2) is 0 Å². The molecule has 4 aromatic rings. The first-order valence-electron chi connectivity index (χ1n) is 11.2. The number of rotatable bonds is 4. The molecule has 1 aliphatic rings. The molecule has 1 heterocycles. The fraction of sp³-hybridized carbons (Fsp3) is 0.214. The third-order valence-corrected chi connectivity index (χ3v) is 5.87. The van der Waals surface area contributed by atoms with Crippen LogP contribution in [0.5, 0.6) is 11.5 Å². The second-order valence-electron chi connectivity index (χ2n) is 8.02. The van der Waals surface area contributed by atoms with Crippen molar-refractivity contribution in [2.24, 2.45) is 0 Å². The van der Waals surface area contributed by atoms with Crippen molar-refractivity contribution in [3.05, 3.63) is 72.8 Å². The largest absolute Gasteiger partial charge is 0.690 e. The van der Waals surface area contributed by atoms with E-state index in [2.05, 4.69) is 79.3 Å². The van der Waals surface area contributed by atoms with Gasteiger partial charge in [0.2, 0.25) is 0 Å². The minimum Gasteiger partial charge on any atom is -0.515 e. The number of benzene rings is 4. The van der Waals surface area contributed by atoms with E-state index in [1.54, 1.807) is 0 Å². The van der Waals surface area contributed by atoms with Crippen LogP contribution in [-0.2, 0) is 0 Å². The molecule has 31 heavy (non-hydrogen) atoms. The smallest absolute Gasteiger partial charge is 0.515 e. The average molecular weight is 404 g/mol. The van der Waals surface area contributed by atoms with Crippen molar-refractivity contribution < 1.29 is 9.31 Å². The van der Waals surface area contributed by atoms with Gasteiger partial charge in [-0.1, -0.05) is 92.7 Å². The first kappa shape index (κ1) is 19.6. The van der Waals surface area contributed by atoms with Gasteiger partial charge >= 0.3 is 7.12 Å². The summed E-state index contributed by atoms with van der Waals surface area (Å²) in [5, 5.41) is 4.69. The summed E-state index contributed by atoms with van der Waals surface area (Å²) in [7, 11) is -0.617. The lowest BCUT2D eigenvalue weighted by atomic mass is 9.91. The van der Waals surface area contributed by atoms with E-state index >= 15 is 0 Å². The van der Waals surface area contributed by atoms with E-state index in [-0.39, 0.29) is 0 Å². The van der Waals surface area contributed by atoms with Crippen LogP contribution in [0.25, 0.3) is 32.7 Å². The lowest BCUT2D eigenvalue weighted by Crippen LogP contribution is -2.27. The van der Waals surface area contributed by atoms with E-state index in [1.807, 2.05) is 12.1 Å². The molecule has 0 aliphatic carbocycles. The molecule has 5 rings (SSSR count). The van der Waals surface area contributed by atoms with E-state index in [9.17, 15) is 0 Å². The van der Waals surface area contributed by atoms with E-state index in [0.717, 1.165) is 46.2 Å². The fourth-order valence-electron chi connectivity index (χ4n) is 4.32. The Kier molecular flexibility index (Phi) is 5.55. The van der Waals surface area contributed by atoms with Crippen LogP contribution < -0.4 is 9.31 Å². The van der Waals surface area contributed by atoms with Gasteiger partial charge in [0.1, 0.15) is 11.5 Å². The maximum atomic E-state index is 6.33. The molecule has 0 atom stereocenters. The summed E-state index contributed by atoms with van der Waals surface area (Å²) >= 11 is 0. The molecule has 0 amide bonds. The van der Waals surface area contributed by atoms with Crippen molar-refractivity contribution in [3.63, 3.8) is 0 Å². The predicted molar refractivity (Wildman–Crippen MR) is 130 cm³/mol. The fourth-order valence-corrected chi connectivity index (χ4v) is 4.32. The number of unbranched alkanes of at least 4 members (excludes halogenated alkanes) is 4. The molecule has 0 saturated heterocycles. The van der Waals surface area contributed by atoms with Gasteiger partial charge in [-0.15, -0.1) is 5.92 Å². The van der Waals surface area contributed by atoms with Crippen LogP contribution in [0, 0.1) is 11.7 Å². The molecule has 1 aliphatic heterocycles. The van der Waals surface area contributed by atoms with Crippen LogP contribution in [-0.4, -0.2) is 7.12 Å². The zero-order valence-electron chi connectivity index (χ0n) is 17.9. The summed E-state index contributed by atoms with van der Waals surface area (Å²) in [4.78, 5) is 0. The van der Waals surface area contributed by atoms with E-state index < -0.39 is 7.12 Å². The molecule has 0 saturated carbocycles. The van der Waals surface area contributed by atoms with Crippen LogP contribution in [0.15, 0.2) is 72.8 Å². The quantitative estimate of drug-likeness (QED) is 0.200. The molecule has 0 fully saturated rings. The van der Waals surface area contributed by atoms with E-state index in [4.69, 9.17) is 9.31 Å². The Morgan fingerprint density at radius 3 is 1.84 bits per heavy atom. The van der Waals surface area contributed by atoms with Crippen molar-refractivity contribution in [2.75, 3.05) is 0 Å². The van der Waals surface area contributed by atoms with E-state index in [1.165, 1.54) is 30.0 Å². The summed E-state index contributed by atoms with van der Waals surface area (Å²) in [6, 6.07) is 25.2. The molecule has 0 aromatic heterocycles. The van der Waals surface area contributed by atoms with Gasteiger partial charge in [0.25, 0.3) is 0 Å². The Morgan fingerprint density at radius 2 is 1.26 bits per heavy atom. The van der Waals surface area contributed by atoms with Gasteiger partial charge in [-0.05, 0) is 40.1 Å². The Morgan fingerprint density at radius 1 is 0.677 bits per heavy atom. The lowest BCUT2D eigenvalue weighted by molar-refractivity contribution is 0.450. The number of fused-ring (bicyclic) bond motifs is 7. The molecule has 2 nitrogen and oxygen atoms in total. The first-order valence-corrected chi connectivity index (χ1v) is 11.2. The van der Waals surface area contributed by atoms with Crippen molar-refractivity contribution in [3.8, 4) is 34.4 Å². The molecule has 0 N–H and O–H groups in total. The van der Waals surface area contributed by atoms with Crippen LogP contribution in [0.1, 0.15) is 39.0 Å². The molecule has 152 valence electrons. The summed E-state index contributed by atoms with van der Waals surface area (Å²) < 4.78 is 12.7. The molecule has 0 unspecified atom stereocenters. The second-order valence-corrected chi connectivity index (χ2v) is 8.02. The highest BCUT2D eigenvalue weighted by atomic mass is 16.6. The summed E-state index contributed by atoms with van der Waals surface area (Å²) in [5.41, 5.74) is 2.16. The maximum absolute atomic E-state index is 6.33. The van der Waals surface area contributed by atoms with Gasteiger partial charge in [0.05, 0.1) is 0 Å². The van der Waals surface area contributed by atoms with Crippen LogP contribution in [0.3, 0.4) is 0 Å². The zero-order chi connectivity index (χ0) is 21.0. The molecular formula is C28H25BO2. The summed E-state index contributed by atoms with van der Waals surface area (Å²) in [5.74, 6) is 8.14. The minimum absolute atomic E-state index is 0.617. The van der Waals surface area contributed by atoms with Crippen molar-refractivity contribution >= 4 is 28.7 Å².